The van der Waals surface area contributed by atoms with E-state index in [2.05, 4.69) is 10.4 Å². The largest absolute Gasteiger partial charge is 0.302 e. The van der Waals surface area contributed by atoms with Crippen molar-refractivity contribution in [2.75, 3.05) is 19.7 Å². The number of nitrogens with zero attached hydrogens (tertiary/aromatic N) is 1. The third-order valence-electron chi connectivity index (χ3n) is 2.68. The van der Waals surface area contributed by atoms with E-state index >= 15 is 0 Å². The number of likely N-dealkylation sites (tertiary alicyclic amines) is 1. The summed E-state index contributed by atoms with van der Waals surface area (Å²) < 4.78 is 0. The Bertz CT molecular complexity index is 147. The molecule has 70 valence electrons. The van der Waals surface area contributed by atoms with Gasteiger partial charge in [0.2, 0.25) is 0 Å². The van der Waals surface area contributed by atoms with Gasteiger partial charge in [-0.1, -0.05) is 0 Å². The first-order valence-corrected chi connectivity index (χ1v) is 5.01. The van der Waals surface area contributed by atoms with Crippen molar-refractivity contribution in [3.8, 4) is 0 Å². The van der Waals surface area contributed by atoms with Gasteiger partial charge in [0.1, 0.15) is 0 Å². The smallest absolute Gasteiger partial charge is 0.0654 e. The Balaban J connectivity index is 1.67. The van der Waals surface area contributed by atoms with E-state index in [-0.39, 0.29) is 0 Å². The maximum Gasteiger partial charge on any atom is 0.0654 e. The first kappa shape index (κ1) is 8.48. The topological polar surface area (TPSA) is 24.5 Å². The molecule has 3 heteroatoms. The fourth-order valence-corrected chi connectivity index (χ4v) is 1.86. The average Bonchev–Trinajstić information content (AvgIpc) is 2.83. The Morgan fingerprint density at radius 2 is 2.25 bits per heavy atom. The average molecular weight is 170 g/mol. The normalized spacial score (nSPS) is 31.2. The van der Waals surface area contributed by atoms with Crippen LogP contribution in [0.2, 0.25) is 0 Å². The minimum absolute atomic E-state index is 0.575. The Morgan fingerprint density at radius 1 is 1.42 bits per heavy atom. The molecule has 0 aromatic heterocycles. The molecule has 1 aliphatic carbocycles. The first-order chi connectivity index (χ1) is 5.90. The van der Waals surface area contributed by atoms with Crippen LogP contribution >= 0.6 is 0 Å². The van der Waals surface area contributed by atoms with E-state index in [0.717, 1.165) is 12.6 Å². The van der Waals surface area contributed by atoms with Gasteiger partial charge in [0.25, 0.3) is 0 Å². The van der Waals surface area contributed by atoms with Crippen molar-refractivity contribution in [3.63, 3.8) is 0 Å². The molecular weight excluding hydrogens is 152 g/mol. The standard InChI is InChI=1S/C9H18N2O/c1-2-12-10-8-5-6-11(7-8)9-3-4-9/h8-10H,2-7H2,1H3. The molecule has 0 radical (unpaired) electrons. The first-order valence-electron chi connectivity index (χ1n) is 5.01. The van der Waals surface area contributed by atoms with Gasteiger partial charge in [-0.05, 0) is 26.2 Å². The lowest BCUT2D eigenvalue weighted by Gasteiger charge is -2.14. The predicted octanol–water partition coefficient (Wildman–Crippen LogP) is 0.764. The van der Waals surface area contributed by atoms with Crippen molar-refractivity contribution in [2.24, 2.45) is 0 Å². The van der Waals surface area contributed by atoms with Gasteiger partial charge in [0, 0.05) is 25.2 Å². The Labute approximate surface area is 74.0 Å². The maximum atomic E-state index is 5.19. The molecule has 1 unspecified atom stereocenters. The van der Waals surface area contributed by atoms with Gasteiger partial charge in [-0.25, -0.2) is 0 Å². The predicted molar refractivity (Wildman–Crippen MR) is 47.8 cm³/mol. The molecule has 1 aliphatic heterocycles. The van der Waals surface area contributed by atoms with Crippen molar-refractivity contribution in [1.82, 2.24) is 10.4 Å². The summed E-state index contributed by atoms with van der Waals surface area (Å²) in [5.41, 5.74) is 3.10. The second-order valence-electron chi connectivity index (χ2n) is 3.76. The van der Waals surface area contributed by atoms with Gasteiger partial charge >= 0.3 is 0 Å². The van der Waals surface area contributed by atoms with Crippen LogP contribution in [0.1, 0.15) is 26.2 Å². The molecule has 3 nitrogen and oxygen atoms in total. The summed E-state index contributed by atoms with van der Waals surface area (Å²) in [4.78, 5) is 7.77. The Morgan fingerprint density at radius 3 is 2.92 bits per heavy atom. The van der Waals surface area contributed by atoms with Crippen molar-refractivity contribution < 1.29 is 4.84 Å². The van der Waals surface area contributed by atoms with Crippen LogP contribution in [0.3, 0.4) is 0 Å². The molecular formula is C9H18N2O. The molecule has 2 aliphatic rings. The monoisotopic (exact) mass is 170 g/mol. The summed E-state index contributed by atoms with van der Waals surface area (Å²) in [6.07, 6.45) is 4.08. The van der Waals surface area contributed by atoms with E-state index in [1.807, 2.05) is 6.92 Å². The Hall–Kier alpha value is -0.120. The van der Waals surface area contributed by atoms with Gasteiger partial charge in [-0.3, -0.25) is 4.90 Å². The number of nitrogens with one attached hydrogen (secondary N) is 1. The zero-order valence-electron chi connectivity index (χ0n) is 7.75. The zero-order chi connectivity index (χ0) is 8.39. The van der Waals surface area contributed by atoms with Crippen LogP contribution in [0.15, 0.2) is 0 Å². The van der Waals surface area contributed by atoms with Crippen LogP contribution in [-0.4, -0.2) is 36.7 Å². The summed E-state index contributed by atoms with van der Waals surface area (Å²) in [6, 6.07) is 1.49. The quantitative estimate of drug-likeness (QED) is 0.631. The van der Waals surface area contributed by atoms with Crippen LogP contribution < -0.4 is 5.48 Å². The van der Waals surface area contributed by atoms with E-state index in [1.54, 1.807) is 0 Å². The lowest BCUT2D eigenvalue weighted by atomic mass is 10.3. The highest BCUT2D eigenvalue weighted by Gasteiger charge is 2.34. The Kier molecular flexibility index (Phi) is 2.63. The molecule has 1 saturated carbocycles. The third-order valence-corrected chi connectivity index (χ3v) is 2.68. The SMILES string of the molecule is CCONC1CCN(C2CC2)C1. The van der Waals surface area contributed by atoms with E-state index < -0.39 is 0 Å². The number of hydrogen-bond acceptors (Lipinski definition) is 3. The minimum atomic E-state index is 0.575. The van der Waals surface area contributed by atoms with E-state index in [1.165, 1.54) is 32.4 Å². The zero-order valence-corrected chi connectivity index (χ0v) is 7.75. The second kappa shape index (κ2) is 3.73. The molecule has 0 amide bonds. The van der Waals surface area contributed by atoms with Gasteiger partial charge in [-0.15, -0.1) is 0 Å². The number of hydrogen-bond donors (Lipinski definition) is 1. The summed E-state index contributed by atoms with van der Waals surface area (Å²) >= 11 is 0. The second-order valence-corrected chi connectivity index (χ2v) is 3.76. The van der Waals surface area contributed by atoms with Crippen molar-refractivity contribution in [3.05, 3.63) is 0 Å². The fraction of sp³-hybridized carbons (Fsp3) is 1.00. The van der Waals surface area contributed by atoms with Crippen molar-refractivity contribution in [1.29, 1.82) is 0 Å². The number of hydroxylamine groups is 1. The van der Waals surface area contributed by atoms with Gasteiger partial charge < -0.3 is 4.84 Å². The highest BCUT2D eigenvalue weighted by atomic mass is 16.6. The number of rotatable bonds is 4. The van der Waals surface area contributed by atoms with Crippen LogP contribution in [0.5, 0.6) is 0 Å². The minimum Gasteiger partial charge on any atom is -0.302 e. The molecule has 1 heterocycles. The van der Waals surface area contributed by atoms with Crippen LogP contribution in [0.25, 0.3) is 0 Å². The molecule has 0 aromatic rings. The van der Waals surface area contributed by atoms with Crippen molar-refractivity contribution in [2.45, 2.75) is 38.3 Å². The highest BCUT2D eigenvalue weighted by molar-refractivity contribution is 4.90. The summed E-state index contributed by atoms with van der Waals surface area (Å²) in [5.74, 6) is 0. The molecule has 0 bridgehead atoms. The van der Waals surface area contributed by atoms with Gasteiger partial charge in [0.05, 0.1) is 6.61 Å². The van der Waals surface area contributed by atoms with E-state index in [9.17, 15) is 0 Å². The highest BCUT2D eigenvalue weighted by Crippen LogP contribution is 2.29. The molecule has 2 rings (SSSR count). The van der Waals surface area contributed by atoms with Crippen molar-refractivity contribution >= 4 is 0 Å². The molecule has 12 heavy (non-hydrogen) atoms. The summed E-state index contributed by atoms with van der Waals surface area (Å²) in [6.45, 7) is 5.22. The van der Waals surface area contributed by atoms with E-state index in [4.69, 9.17) is 4.84 Å². The molecule has 1 atom stereocenters. The maximum absolute atomic E-state index is 5.19. The van der Waals surface area contributed by atoms with Crippen LogP contribution in [0, 0.1) is 0 Å². The van der Waals surface area contributed by atoms with Crippen LogP contribution in [0.4, 0.5) is 0 Å². The molecule has 1 saturated heterocycles. The van der Waals surface area contributed by atoms with Gasteiger partial charge in [0.15, 0.2) is 0 Å². The molecule has 0 aromatic carbocycles. The molecule has 1 N–H and O–H groups in total. The lowest BCUT2D eigenvalue weighted by Crippen LogP contribution is -2.33. The summed E-state index contributed by atoms with van der Waals surface area (Å²) in [7, 11) is 0. The lowest BCUT2D eigenvalue weighted by molar-refractivity contribution is 0.0266. The fourth-order valence-electron chi connectivity index (χ4n) is 1.86. The third kappa shape index (κ3) is 1.97. The molecule has 2 fully saturated rings. The van der Waals surface area contributed by atoms with Crippen LogP contribution in [-0.2, 0) is 4.84 Å². The van der Waals surface area contributed by atoms with Gasteiger partial charge in [-0.2, -0.15) is 5.48 Å². The summed E-state index contributed by atoms with van der Waals surface area (Å²) in [5, 5.41) is 0. The molecule has 0 spiro atoms. The van der Waals surface area contributed by atoms with E-state index in [0.29, 0.717) is 6.04 Å².